The fourth-order valence-corrected chi connectivity index (χ4v) is 0.898. The van der Waals surface area contributed by atoms with E-state index in [-0.39, 0.29) is 6.61 Å². The number of rotatable bonds is 4. The van der Waals surface area contributed by atoms with Crippen LogP contribution in [0.1, 0.15) is 20.3 Å². The first-order valence-corrected chi connectivity index (χ1v) is 4.14. The number of nitrogens with zero attached hydrogens (tertiary/aromatic N) is 1. The maximum Gasteiger partial charge on any atom is 0.104 e. The molecule has 0 aromatic carbocycles. The van der Waals surface area contributed by atoms with Gasteiger partial charge in [-0.1, -0.05) is 25.7 Å². The molecule has 0 amide bonds. The zero-order valence-electron chi connectivity index (χ0n) is 7.43. The molecule has 11 heavy (non-hydrogen) atoms. The molecule has 0 unspecified atom stereocenters. The largest absolute Gasteiger partial charge is 0.384 e. The molecule has 1 N–H and O–H groups in total. The molecule has 0 saturated carbocycles. The Labute approximate surface area is 69.2 Å². The van der Waals surface area contributed by atoms with Crippen LogP contribution in [0.3, 0.4) is 0 Å². The lowest BCUT2D eigenvalue weighted by Crippen LogP contribution is -2.23. The summed E-state index contributed by atoms with van der Waals surface area (Å²) < 4.78 is 0. The van der Waals surface area contributed by atoms with E-state index in [0.29, 0.717) is 0 Å². The molecule has 0 bridgehead atoms. The molecule has 0 atom stereocenters. The van der Waals surface area contributed by atoms with Gasteiger partial charge in [0.25, 0.3) is 0 Å². The first kappa shape index (κ1) is 10.5. The lowest BCUT2D eigenvalue weighted by molar-refractivity contribution is 0.311. The van der Waals surface area contributed by atoms with Crippen molar-refractivity contribution in [3.63, 3.8) is 0 Å². The number of hydrogen-bond acceptors (Lipinski definition) is 2. The predicted molar refractivity (Wildman–Crippen MR) is 47.3 cm³/mol. The summed E-state index contributed by atoms with van der Waals surface area (Å²) in [6, 6.07) is 0. The van der Waals surface area contributed by atoms with Crippen molar-refractivity contribution in [1.82, 2.24) is 4.90 Å². The molecular formula is C9H17NO. The second kappa shape index (κ2) is 7.59. The van der Waals surface area contributed by atoms with Gasteiger partial charge in [0.15, 0.2) is 0 Å². The molecule has 0 fully saturated rings. The first-order chi connectivity index (χ1) is 5.35. The third-order valence-electron chi connectivity index (χ3n) is 1.65. The van der Waals surface area contributed by atoms with Crippen molar-refractivity contribution in [2.24, 2.45) is 0 Å². The predicted octanol–water partition coefficient (Wildman–Crippen LogP) is 0.714. The lowest BCUT2D eigenvalue weighted by Gasteiger charge is -2.15. The van der Waals surface area contributed by atoms with Crippen LogP contribution >= 0.6 is 0 Å². The average molecular weight is 155 g/mol. The highest BCUT2D eigenvalue weighted by molar-refractivity contribution is 4.98. The lowest BCUT2D eigenvalue weighted by atomic mass is 10.3. The molecular weight excluding hydrogens is 138 g/mol. The standard InChI is InChI=1S/C9H17NO/c1-3-10(4-2)8-6-5-7-9-11/h11H,3-4,6,8-9H2,1-2H3. The van der Waals surface area contributed by atoms with E-state index in [0.717, 1.165) is 26.1 Å². The van der Waals surface area contributed by atoms with Crippen molar-refractivity contribution in [3.8, 4) is 11.8 Å². The van der Waals surface area contributed by atoms with Gasteiger partial charge in [0, 0.05) is 13.0 Å². The Hall–Kier alpha value is -0.520. The van der Waals surface area contributed by atoms with E-state index in [1.165, 1.54) is 0 Å². The summed E-state index contributed by atoms with van der Waals surface area (Å²) in [6.45, 7) is 7.44. The Bertz CT molecular complexity index is 130. The van der Waals surface area contributed by atoms with Crippen molar-refractivity contribution in [2.45, 2.75) is 20.3 Å². The summed E-state index contributed by atoms with van der Waals surface area (Å²) in [6.07, 6.45) is 0.863. The van der Waals surface area contributed by atoms with Gasteiger partial charge in [0.05, 0.1) is 0 Å². The Kier molecular flexibility index (Phi) is 7.23. The molecule has 0 aliphatic rings. The molecule has 0 aliphatic carbocycles. The molecule has 0 spiro atoms. The van der Waals surface area contributed by atoms with Crippen LogP contribution in [0, 0.1) is 11.8 Å². The van der Waals surface area contributed by atoms with E-state index in [9.17, 15) is 0 Å². The van der Waals surface area contributed by atoms with Crippen LogP contribution in [0.15, 0.2) is 0 Å². The van der Waals surface area contributed by atoms with E-state index >= 15 is 0 Å². The van der Waals surface area contributed by atoms with Crippen LogP contribution in [0.4, 0.5) is 0 Å². The highest BCUT2D eigenvalue weighted by Gasteiger charge is 1.94. The maximum absolute atomic E-state index is 8.36. The highest BCUT2D eigenvalue weighted by atomic mass is 16.2. The third-order valence-corrected chi connectivity index (χ3v) is 1.65. The van der Waals surface area contributed by atoms with Crippen LogP contribution in [0.5, 0.6) is 0 Å². The highest BCUT2D eigenvalue weighted by Crippen LogP contribution is 1.88. The molecule has 0 aliphatic heterocycles. The quantitative estimate of drug-likeness (QED) is 0.604. The molecule has 0 rings (SSSR count). The second-order valence-electron chi connectivity index (χ2n) is 2.29. The number of aliphatic hydroxyl groups is 1. The third kappa shape index (κ3) is 5.90. The van der Waals surface area contributed by atoms with Gasteiger partial charge in [-0.05, 0) is 13.1 Å². The van der Waals surface area contributed by atoms with E-state index in [1.54, 1.807) is 0 Å². The van der Waals surface area contributed by atoms with Gasteiger partial charge in [-0.15, -0.1) is 0 Å². The molecule has 0 saturated heterocycles. The minimum absolute atomic E-state index is 0.0156. The van der Waals surface area contributed by atoms with Crippen LogP contribution in [0.2, 0.25) is 0 Å². The number of aliphatic hydroxyl groups excluding tert-OH is 1. The fraction of sp³-hybridized carbons (Fsp3) is 0.778. The van der Waals surface area contributed by atoms with Gasteiger partial charge in [0.1, 0.15) is 6.61 Å². The zero-order chi connectivity index (χ0) is 8.53. The van der Waals surface area contributed by atoms with Crippen molar-refractivity contribution in [2.75, 3.05) is 26.2 Å². The van der Waals surface area contributed by atoms with E-state index in [4.69, 9.17) is 5.11 Å². The molecule has 0 aromatic rings. The first-order valence-electron chi connectivity index (χ1n) is 4.14. The molecule has 2 nitrogen and oxygen atoms in total. The fourth-order valence-electron chi connectivity index (χ4n) is 0.898. The molecule has 0 aromatic heterocycles. The molecule has 2 heteroatoms. The summed E-state index contributed by atoms with van der Waals surface area (Å²) in [5, 5.41) is 8.36. The van der Waals surface area contributed by atoms with Crippen LogP contribution in [0.25, 0.3) is 0 Å². The summed E-state index contributed by atoms with van der Waals surface area (Å²) in [5.41, 5.74) is 0. The number of hydrogen-bond donors (Lipinski definition) is 1. The second-order valence-corrected chi connectivity index (χ2v) is 2.29. The van der Waals surface area contributed by atoms with Gasteiger partial charge in [-0.3, -0.25) is 0 Å². The van der Waals surface area contributed by atoms with E-state index < -0.39 is 0 Å². The summed E-state index contributed by atoms with van der Waals surface area (Å²) in [4.78, 5) is 2.31. The van der Waals surface area contributed by atoms with Gasteiger partial charge >= 0.3 is 0 Å². The minimum atomic E-state index is -0.0156. The van der Waals surface area contributed by atoms with Crippen molar-refractivity contribution < 1.29 is 5.11 Å². The minimum Gasteiger partial charge on any atom is -0.384 e. The van der Waals surface area contributed by atoms with Crippen LogP contribution in [-0.4, -0.2) is 36.2 Å². The monoisotopic (exact) mass is 155 g/mol. The molecule has 64 valence electrons. The normalized spacial score (nSPS) is 9.45. The van der Waals surface area contributed by atoms with Crippen molar-refractivity contribution >= 4 is 0 Å². The Morgan fingerprint density at radius 2 is 1.82 bits per heavy atom. The maximum atomic E-state index is 8.36. The van der Waals surface area contributed by atoms with Crippen molar-refractivity contribution in [1.29, 1.82) is 0 Å². The summed E-state index contributed by atoms with van der Waals surface area (Å²) >= 11 is 0. The van der Waals surface area contributed by atoms with Gasteiger partial charge in [-0.25, -0.2) is 0 Å². The topological polar surface area (TPSA) is 23.5 Å². The summed E-state index contributed by atoms with van der Waals surface area (Å²) in [5.74, 6) is 5.52. The van der Waals surface area contributed by atoms with E-state index in [1.807, 2.05) is 0 Å². The van der Waals surface area contributed by atoms with E-state index in [2.05, 4.69) is 30.6 Å². The van der Waals surface area contributed by atoms with Crippen LogP contribution < -0.4 is 0 Å². The summed E-state index contributed by atoms with van der Waals surface area (Å²) in [7, 11) is 0. The smallest absolute Gasteiger partial charge is 0.104 e. The Morgan fingerprint density at radius 3 is 2.27 bits per heavy atom. The van der Waals surface area contributed by atoms with Gasteiger partial charge in [0.2, 0.25) is 0 Å². The van der Waals surface area contributed by atoms with Gasteiger partial charge < -0.3 is 10.0 Å². The Balaban J connectivity index is 3.35. The molecule has 0 radical (unpaired) electrons. The van der Waals surface area contributed by atoms with Gasteiger partial charge in [-0.2, -0.15) is 0 Å². The average Bonchev–Trinajstić information content (AvgIpc) is 2.05. The SMILES string of the molecule is CCN(CC)CCC#CCO. The van der Waals surface area contributed by atoms with Crippen molar-refractivity contribution in [3.05, 3.63) is 0 Å². The Morgan fingerprint density at radius 1 is 1.18 bits per heavy atom. The van der Waals surface area contributed by atoms with Crippen LogP contribution in [-0.2, 0) is 0 Å². The molecule has 0 heterocycles. The zero-order valence-corrected chi connectivity index (χ0v) is 7.43.